The molecule has 0 spiro atoms. The molecule has 24 heavy (non-hydrogen) atoms. The monoisotopic (exact) mass is 334 g/mol. The predicted molar refractivity (Wildman–Crippen MR) is 92.6 cm³/mol. The first-order valence-corrected chi connectivity index (χ1v) is 8.23. The van der Waals surface area contributed by atoms with Crippen LogP contribution in [0.3, 0.4) is 0 Å². The Kier molecular flexibility index (Phi) is 5.49. The number of esters is 1. The Balaban J connectivity index is 2.18. The van der Waals surface area contributed by atoms with Crippen LogP contribution in [-0.2, 0) is 9.53 Å². The molecule has 0 bridgehead atoms. The van der Waals surface area contributed by atoms with E-state index in [1.54, 1.807) is 18.2 Å². The van der Waals surface area contributed by atoms with Gasteiger partial charge in [0.15, 0.2) is 0 Å². The van der Waals surface area contributed by atoms with E-state index in [9.17, 15) is 9.59 Å². The van der Waals surface area contributed by atoms with E-state index in [0.29, 0.717) is 6.54 Å². The van der Waals surface area contributed by atoms with Crippen LogP contribution in [-0.4, -0.2) is 60.8 Å². The third-order valence-corrected chi connectivity index (χ3v) is 4.55. The van der Waals surface area contributed by atoms with Gasteiger partial charge in [-0.25, -0.2) is 4.79 Å². The first-order chi connectivity index (χ1) is 11.2. The highest BCUT2D eigenvalue weighted by atomic mass is 16.6. The van der Waals surface area contributed by atoms with Crippen molar-refractivity contribution in [3.63, 3.8) is 0 Å². The Morgan fingerprint density at radius 2 is 2.17 bits per heavy atom. The number of benzene rings is 1. The number of cyclic esters (lactones) is 1. The van der Waals surface area contributed by atoms with Crippen LogP contribution >= 0.6 is 0 Å². The molecule has 1 aromatic carbocycles. The lowest BCUT2D eigenvalue weighted by Crippen LogP contribution is -2.53. The van der Waals surface area contributed by atoms with E-state index in [-0.39, 0.29) is 18.1 Å². The van der Waals surface area contributed by atoms with Crippen LogP contribution in [0.1, 0.15) is 36.2 Å². The number of aromatic carboxylic acids is 1. The van der Waals surface area contributed by atoms with Gasteiger partial charge in [-0.05, 0) is 51.2 Å². The maximum absolute atomic E-state index is 12.1. The molecule has 1 fully saturated rings. The van der Waals surface area contributed by atoms with Gasteiger partial charge in [0.2, 0.25) is 0 Å². The molecule has 1 heterocycles. The van der Waals surface area contributed by atoms with Crippen molar-refractivity contribution in [2.45, 2.75) is 32.8 Å². The van der Waals surface area contributed by atoms with Crippen molar-refractivity contribution >= 4 is 17.6 Å². The quantitative estimate of drug-likeness (QED) is 0.804. The van der Waals surface area contributed by atoms with Crippen molar-refractivity contribution in [2.24, 2.45) is 0 Å². The Hall–Kier alpha value is -2.08. The molecule has 0 amide bonds. The zero-order chi connectivity index (χ0) is 17.9. The van der Waals surface area contributed by atoms with E-state index in [2.05, 4.69) is 11.8 Å². The summed E-state index contributed by atoms with van der Waals surface area (Å²) in [6.07, 6.45) is 0.756. The fourth-order valence-corrected chi connectivity index (χ4v) is 2.98. The average Bonchev–Trinajstić information content (AvgIpc) is 2.51. The van der Waals surface area contributed by atoms with Crippen LogP contribution in [0.5, 0.6) is 0 Å². The Labute approximate surface area is 143 Å². The van der Waals surface area contributed by atoms with Crippen LogP contribution in [0.25, 0.3) is 0 Å². The molecule has 0 radical (unpaired) electrons. The van der Waals surface area contributed by atoms with Crippen molar-refractivity contribution in [2.75, 3.05) is 38.1 Å². The van der Waals surface area contributed by atoms with Gasteiger partial charge in [-0.15, -0.1) is 0 Å². The lowest BCUT2D eigenvalue weighted by molar-refractivity contribution is -0.160. The van der Waals surface area contributed by atoms with Gasteiger partial charge in [-0.1, -0.05) is 6.92 Å². The van der Waals surface area contributed by atoms with Crippen LogP contribution in [0.4, 0.5) is 5.69 Å². The Morgan fingerprint density at radius 1 is 1.46 bits per heavy atom. The number of aryl methyl sites for hydroxylation is 1. The van der Waals surface area contributed by atoms with E-state index in [1.165, 1.54) is 0 Å². The highest BCUT2D eigenvalue weighted by Crippen LogP contribution is 2.29. The molecule has 1 saturated heterocycles. The normalized spacial score (nSPS) is 21.0. The molecule has 1 aliphatic rings. The van der Waals surface area contributed by atoms with E-state index >= 15 is 0 Å². The Bertz CT molecular complexity index is 631. The first-order valence-electron chi connectivity index (χ1n) is 8.23. The van der Waals surface area contributed by atoms with Crippen molar-refractivity contribution in [1.29, 1.82) is 0 Å². The molecular formula is C18H26N2O4. The summed E-state index contributed by atoms with van der Waals surface area (Å²) < 4.78 is 5.62. The molecule has 1 aliphatic heterocycles. The first kappa shape index (κ1) is 18.3. The van der Waals surface area contributed by atoms with Gasteiger partial charge in [0.25, 0.3) is 0 Å². The van der Waals surface area contributed by atoms with E-state index in [0.717, 1.165) is 30.8 Å². The molecule has 6 heteroatoms. The van der Waals surface area contributed by atoms with Crippen LogP contribution in [0.15, 0.2) is 18.2 Å². The molecule has 0 aromatic heterocycles. The summed E-state index contributed by atoms with van der Waals surface area (Å²) in [6, 6.07) is 4.99. The van der Waals surface area contributed by atoms with Gasteiger partial charge >= 0.3 is 11.9 Å². The highest BCUT2D eigenvalue weighted by molar-refractivity contribution is 5.89. The number of morpholine rings is 1. The number of ether oxygens (including phenoxy) is 1. The van der Waals surface area contributed by atoms with Gasteiger partial charge in [0, 0.05) is 18.7 Å². The molecular weight excluding hydrogens is 308 g/mol. The average molecular weight is 334 g/mol. The van der Waals surface area contributed by atoms with Crippen LogP contribution < -0.4 is 4.90 Å². The molecule has 0 aliphatic carbocycles. The number of rotatable bonds is 6. The number of carboxylic acids is 1. The lowest BCUT2D eigenvalue weighted by atomic mass is 9.98. The van der Waals surface area contributed by atoms with E-state index < -0.39 is 11.6 Å². The summed E-state index contributed by atoms with van der Waals surface area (Å²) in [5, 5.41) is 9.09. The number of carbonyl (C=O) groups excluding carboxylic acids is 1. The highest BCUT2D eigenvalue weighted by Gasteiger charge is 2.37. The van der Waals surface area contributed by atoms with Crippen LogP contribution in [0, 0.1) is 6.92 Å². The summed E-state index contributed by atoms with van der Waals surface area (Å²) in [5.41, 5.74) is 1.43. The third kappa shape index (κ3) is 4.26. The van der Waals surface area contributed by atoms with E-state index in [1.807, 2.05) is 25.8 Å². The summed E-state index contributed by atoms with van der Waals surface area (Å²) >= 11 is 0. The van der Waals surface area contributed by atoms with Gasteiger partial charge < -0.3 is 19.6 Å². The van der Waals surface area contributed by atoms with Crippen molar-refractivity contribution in [3.05, 3.63) is 29.3 Å². The maximum atomic E-state index is 12.1. The second-order valence-corrected chi connectivity index (χ2v) is 6.73. The summed E-state index contributed by atoms with van der Waals surface area (Å²) in [7, 11) is 2.04. The van der Waals surface area contributed by atoms with Gasteiger partial charge in [-0.3, -0.25) is 4.79 Å². The number of carboxylic acid groups (broad SMARTS) is 1. The Morgan fingerprint density at radius 3 is 2.75 bits per heavy atom. The fraction of sp³-hybridized carbons (Fsp3) is 0.556. The summed E-state index contributed by atoms with van der Waals surface area (Å²) in [5.74, 6) is -1.19. The van der Waals surface area contributed by atoms with Gasteiger partial charge in [-0.2, -0.15) is 0 Å². The van der Waals surface area contributed by atoms with Crippen molar-refractivity contribution < 1.29 is 19.4 Å². The molecule has 2 rings (SSSR count). The summed E-state index contributed by atoms with van der Waals surface area (Å²) in [6.45, 7) is 8.50. The summed E-state index contributed by atoms with van der Waals surface area (Å²) in [4.78, 5) is 27.3. The van der Waals surface area contributed by atoms with Gasteiger partial charge in [0.1, 0.15) is 12.1 Å². The molecule has 132 valence electrons. The number of carbonyl (C=O) groups is 2. The molecule has 0 saturated carbocycles. The van der Waals surface area contributed by atoms with Crippen LogP contribution in [0.2, 0.25) is 0 Å². The molecule has 1 N–H and O–H groups in total. The zero-order valence-corrected chi connectivity index (χ0v) is 14.8. The molecule has 6 nitrogen and oxygen atoms in total. The maximum Gasteiger partial charge on any atom is 0.335 e. The topological polar surface area (TPSA) is 70.1 Å². The van der Waals surface area contributed by atoms with E-state index in [4.69, 9.17) is 9.84 Å². The third-order valence-electron chi connectivity index (χ3n) is 4.55. The van der Waals surface area contributed by atoms with Crippen molar-refractivity contribution in [3.8, 4) is 0 Å². The van der Waals surface area contributed by atoms with Gasteiger partial charge in [0.05, 0.1) is 12.1 Å². The minimum absolute atomic E-state index is 0.187. The number of hydrogen-bond donors (Lipinski definition) is 1. The fourth-order valence-electron chi connectivity index (χ4n) is 2.98. The molecule has 1 aromatic rings. The predicted octanol–water partition coefficient (Wildman–Crippen LogP) is 2.16. The second-order valence-electron chi connectivity index (χ2n) is 6.73. The standard InChI is InChI=1S/C18H26N2O4/c1-5-19(4)9-8-18(3)12-20(11-16(21)24-18)15-7-6-14(17(22)23)10-13(15)2/h6-7,10H,5,8-9,11-12H2,1-4H3,(H,22,23). The number of nitrogens with zero attached hydrogens (tertiary/aromatic N) is 2. The zero-order valence-electron chi connectivity index (χ0n) is 14.8. The largest absolute Gasteiger partial charge is 0.478 e. The second kappa shape index (κ2) is 7.21. The lowest BCUT2D eigenvalue weighted by Gasteiger charge is -2.41. The smallest absolute Gasteiger partial charge is 0.335 e. The van der Waals surface area contributed by atoms with Crippen molar-refractivity contribution in [1.82, 2.24) is 4.90 Å². The molecule has 1 unspecified atom stereocenters. The minimum atomic E-state index is -0.949. The number of hydrogen-bond acceptors (Lipinski definition) is 5. The minimum Gasteiger partial charge on any atom is -0.478 e. The molecule has 1 atom stereocenters. The number of anilines is 1. The SMILES string of the molecule is CCN(C)CCC1(C)CN(c2ccc(C(=O)O)cc2C)CC(=O)O1.